The molecule has 0 bridgehead atoms. The van der Waals surface area contributed by atoms with Gasteiger partial charge in [-0.3, -0.25) is 5.41 Å². The molecule has 1 saturated heterocycles. The van der Waals surface area contributed by atoms with Crippen molar-refractivity contribution < 1.29 is 9.36 Å². The molecule has 0 aliphatic carbocycles. The van der Waals surface area contributed by atoms with E-state index < -0.39 is 0 Å². The van der Waals surface area contributed by atoms with Gasteiger partial charge in [0, 0.05) is 18.7 Å². The molecule has 1 atom stereocenters. The molecule has 0 radical (unpaired) electrons. The lowest BCUT2D eigenvalue weighted by Crippen LogP contribution is -2.34. The normalized spacial score (nSPS) is 16.6. The first kappa shape index (κ1) is 22.7. The second-order valence-electron chi connectivity index (χ2n) is 7.07. The lowest BCUT2D eigenvalue weighted by molar-refractivity contribution is 0.140. The van der Waals surface area contributed by atoms with Gasteiger partial charge in [0.05, 0.1) is 11.6 Å². The molecule has 9 heteroatoms. The van der Waals surface area contributed by atoms with Crippen LogP contribution in [0.1, 0.15) is 56.9 Å². The molecule has 1 aliphatic rings. The number of nitrogens with zero attached hydrogens (tertiary/aromatic N) is 4. The number of oxime groups is 1. The first-order valence-electron chi connectivity index (χ1n) is 9.78. The Labute approximate surface area is 177 Å². The van der Waals surface area contributed by atoms with Crippen LogP contribution < -0.4 is 5.73 Å². The third-order valence-electron chi connectivity index (χ3n) is 4.92. The summed E-state index contributed by atoms with van der Waals surface area (Å²) in [6.45, 7) is 6.13. The van der Waals surface area contributed by atoms with Gasteiger partial charge in [0.1, 0.15) is 6.61 Å². The standard InChI is InChI=1S/C20H28N6O2.ClH/c1-3-4-5-12-27-24-14(2)15-6-8-16(9-7-15)18-23-19(28-25-18)17-10-11-26(13-17)20(21)22;/h6-9,17H,3-5,10-13H2,1-2H3,(H3,21,22);1H. The van der Waals surface area contributed by atoms with Crippen molar-refractivity contribution in [3.63, 3.8) is 0 Å². The van der Waals surface area contributed by atoms with Crippen molar-refractivity contribution in [2.75, 3.05) is 19.7 Å². The highest BCUT2D eigenvalue weighted by molar-refractivity contribution is 5.98. The van der Waals surface area contributed by atoms with Crippen molar-refractivity contribution in [3.05, 3.63) is 35.7 Å². The van der Waals surface area contributed by atoms with E-state index in [0.29, 0.717) is 24.9 Å². The Kier molecular flexibility index (Phi) is 8.45. The summed E-state index contributed by atoms with van der Waals surface area (Å²) in [6, 6.07) is 7.87. The molecule has 2 aromatic rings. The Morgan fingerprint density at radius 3 is 2.76 bits per heavy atom. The fourth-order valence-electron chi connectivity index (χ4n) is 3.17. The van der Waals surface area contributed by atoms with Gasteiger partial charge < -0.3 is 20.0 Å². The van der Waals surface area contributed by atoms with Gasteiger partial charge in [-0.2, -0.15) is 4.98 Å². The monoisotopic (exact) mass is 420 g/mol. The smallest absolute Gasteiger partial charge is 0.231 e. The first-order valence-corrected chi connectivity index (χ1v) is 9.78. The maximum absolute atomic E-state index is 7.53. The average Bonchev–Trinajstić information content (AvgIpc) is 3.37. The summed E-state index contributed by atoms with van der Waals surface area (Å²) in [4.78, 5) is 11.7. The van der Waals surface area contributed by atoms with Crippen molar-refractivity contribution >= 4 is 24.1 Å². The highest BCUT2D eigenvalue weighted by Gasteiger charge is 2.29. The Bertz CT molecular complexity index is 821. The molecule has 0 saturated carbocycles. The number of rotatable bonds is 8. The SMILES string of the molecule is CCCCCON=C(C)c1ccc(-c2noc(C3CCN(C(=N)N)C3)n2)cc1.Cl. The highest BCUT2D eigenvalue weighted by atomic mass is 35.5. The molecule has 2 heterocycles. The molecule has 1 aromatic heterocycles. The third-order valence-corrected chi connectivity index (χ3v) is 4.92. The molecule has 3 N–H and O–H groups in total. The van der Waals surface area contributed by atoms with Crippen molar-refractivity contribution in [2.24, 2.45) is 10.9 Å². The number of aromatic nitrogens is 2. The summed E-state index contributed by atoms with van der Waals surface area (Å²) >= 11 is 0. The van der Waals surface area contributed by atoms with Crippen LogP contribution >= 0.6 is 12.4 Å². The summed E-state index contributed by atoms with van der Waals surface area (Å²) in [6.07, 6.45) is 4.20. The van der Waals surface area contributed by atoms with E-state index in [2.05, 4.69) is 22.2 Å². The predicted molar refractivity (Wildman–Crippen MR) is 116 cm³/mol. The van der Waals surface area contributed by atoms with E-state index in [-0.39, 0.29) is 24.3 Å². The predicted octanol–water partition coefficient (Wildman–Crippen LogP) is 3.77. The van der Waals surface area contributed by atoms with Gasteiger partial charge in [0.25, 0.3) is 0 Å². The number of nitrogens with two attached hydrogens (primary N) is 1. The van der Waals surface area contributed by atoms with E-state index in [1.165, 1.54) is 6.42 Å². The van der Waals surface area contributed by atoms with E-state index in [4.69, 9.17) is 20.5 Å². The van der Waals surface area contributed by atoms with E-state index in [9.17, 15) is 0 Å². The number of benzene rings is 1. The Hall–Kier alpha value is -2.61. The van der Waals surface area contributed by atoms with Crippen LogP contribution in [0, 0.1) is 5.41 Å². The molecule has 1 aliphatic heterocycles. The van der Waals surface area contributed by atoms with Crippen molar-refractivity contribution in [1.29, 1.82) is 5.41 Å². The van der Waals surface area contributed by atoms with Crippen LogP contribution in [0.4, 0.5) is 0 Å². The molecule has 29 heavy (non-hydrogen) atoms. The Morgan fingerprint density at radius 1 is 1.34 bits per heavy atom. The van der Waals surface area contributed by atoms with Crippen LogP contribution in [0.15, 0.2) is 33.9 Å². The van der Waals surface area contributed by atoms with Gasteiger partial charge in [-0.1, -0.05) is 54.3 Å². The highest BCUT2D eigenvalue weighted by Crippen LogP contribution is 2.27. The number of halogens is 1. The number of nitrogens with one attached hydrogen (secondary N) is 1. The summed E-state index contributed by atoms with van der Waals surface area (Å²) in [5.74, 6) is 1.36. The summed E-state index contributed by atoms with van der Waals surface area (Å²) < 4.78 is 5.45. The largest absolute Gasteiger partial charge is 0.396 e. The lowest BCUT2D eigenvalue weighted by Gasteiger charge is -2.14. The van der Waals surface area contributed by atoms with Gasteiger partial charge in [0.15, 0.2) is 5.96 Å². The minimum Gasteiger partial charge on any atom is -0.396 e. The van der Waals surface area contributed by atoms with Crippen molar-refractivity contribution in [3.8, 4) is 11.4 Å². The van der Waals surface area contributed by atoms with Crippen LogP contribution in [0.5, 0.6) is 0 Å². The topological polar surface area (TPSA) is 114 Å². The van der Waals surface area contributed by atoms with E-state index >= 15 is 0 Å². The Morgan fingerprint density at radius 2 is 2.10 bits per heavy atom. The summed E-state index contributed by atoms with van der Waals surface area (Å²) in [5, 5.41) is 15.8. The number of hydrogen-bond acceptors (Lipinski definition) is 6. The first-order chi connectivity index (χ1) is 13.6. The van der Waals surface area contributed by atoms with Crippen molar-refractivity contribution in [1.82, 2.24) is 15.0 Å². The van der Waals surface area contributed by atoms with Crippen LogP contribution in [0.3, 0.4) is 0 Å². The molecular weight excluding hydrogens is 392 g/mol. The number of hydrogen-bond donors (Lipinski definition) is 2. The fraction of sp³-hybridized carbons (Fsp3) is 0.500. The van der Waals surface area contributed by atoms with Gasteiger partial charge in [0.2, 0.25) is 11.7 Å². The third kappa shape index (κ3) is 5.93. The van der Waals surface area contributed by atoms with Crippen molar-refractivity contribution in [2.45, 2.75) is 45.4 Å². The van der Waals surface area contributed by atoms with Crippen LogP contribution in [-0.4, -0.2) is 46.4 Å². The van der Waals surface area contributed by atoms with Gasteiger partial charge in [-0.15, -0.1) is 12.4 Å². The van der Waals surface area contributed by atoms with E-state index in [0.717, 1.165) is 42.6 Å². The van der Waals surface area contributed by atoms with Gasteiger partial charge >= 0.3 is 0 Å². The molecule has 158 valence electrons. The number of unbranched alkanes of at least 4 members (excludes halogenated alkanes) is 2. The minimum absolute atomic E-state index is 0. The summed E-state index contributed by atoms with van der Waals surface area (Å²) in [5.41, 5.74) is 8.27. The van der Waals surface area contributed by atoms with Crippen LogP contribution in [0.25, 0.3) is 11.4 Å². The zero-order chi connectivity index (χ0) is 19.9. The molecule has 0 spiro atoms. The Balaban J connectivity index is 0.00000300. The minimum atomic E-state index is 0. The molecule has 1 unspecified atom stereocenters. The molecule has 0 amide bonds. The molecule has 1 aromatic carbocycles. The maximum Gasteiger partial charge on any atom is 0.231 e. The molecular formula is C20H29ClN6O2. The lowest BCUT2D eigenvalue weighted by atomic mass is 10.1. The zero-order valence-electron chi connectivity index (χ0n) is 16.9. The molecule has 3 rings (SSSR count). The fourth-order valence-corrected chi connectivity index (χ4v) is 3.17. The van der Waals surface area contributed by atoms with E-state index in [1.54, 1.807) is 0 Å². The summed E-state index contributed by atoms with van der Waals surface area (Å²) in [7, 11) is 0. The zero-order valence-corrected chi connectivity index (χ0v) is 17.7. The average molecular weight is 421 g/mol. The number of guanidine groups is 1. The quantitative estimate of drug-likeness (QED) is 0.291. The molecule has 8 nitrogen and oxygen atoms in total. The van der Waals surface area contributed by atoms with Gasteiger partial charge in [-0.25, -0.2) is 0 Å². The second-order valence-corrected chi connectivity index (χ2v) is 7.07. The van der Waals surface area contributed by atoms with Gasteiger partial charge in [-0.05, 0) is 25.3 Å². The second kappa shape index (κ2) is 10.8. The van der Waals surface area contributed by atoms with Crippen LogP contribution in [0.2, 0.25) is 0 Å². The molecule has 1 fully saturated rings. The number of likely N-dealkylation sites (tertiary alicyclic amines) is 1. The maximum atomic E-state index is 7.53. The van der Waals surface area contributed by atoms with E-state index in [1.807, 2.05) is 36.1 Å². The van der Waals surface area contributed by atoms with Crippen LogP contribution in [-0.2, 0) is 4.84 Å².